The second kappa shape index (κ2) is 7.94. The molecule has 0 aromatic carbocycles. The van der Waals surface area contributed by atoms with Gasteiger partial charge >= 0.3 is 11.9 Å². The van der Waals surface area contributed by atoms with Crippen LogP contribution in [0.5, 0.6) is 0 Å². The molecular formula is C18H27NO5. The van der Waals surface area contributed by atoms with Gasteiger partial charge in [0.25, 0.3) is 0 Å². The van der Waals surface area contributed by atoms with Gasteiger partial charge in [-0.2, -0.15) is 0 Å². The number of carbonyl (C=O) groups excluding carboxylic acids is 2. The van der Waals surface area contributed by atoms with Crippen LogP contribution in [0, 0.1) is 0 Å². The van der Waals surface area contributed by atoms with Crippen molar-refractivity contribution in [2.75, 3.05) is 13.7 Å². The average molecular weight is 337 g/mol. The molecule has 0 unspecified atom stereocenters. The fourth-order valence-corrected chi connectivity index (χ4v) is 3.39. The minimum absolute atomic E-state index is 0.0677. The summed E-state index contributed by atoms with van der Waals surface area (Å²) in [6.45, 7) is 5.08. The van der Waals surface area contributed by atoms with Gasteiger partial charge in [-0.25, -0.2) is 9.59 Å². The zero-order chi connectivity index (χ0) is 17.9. The van der Waals surface area contributed by atoms with Crippen LogP contribution >= 0.6 is 0 Å². The normalized spacial score (nSPS) is 31.0. The molecule has 4 atom stereocenters. The summed E-state index contributed by atoms with van der Waals surface area (Å²) in [4.78, 5) is 26.1. The van der Waals surface area contributed by atoms with Crippen molar-refractivity contribution in [1.82, 2.24) is 4.90 Å². The quantitative estimate of drug-likeness (QED) is 0.606. The first kappa shape index (κ1) is 18.7. The average Bonchev–Trinajstić information content (AvgIpc) is 2.72. The van der Waals surface area contributed by atoms with Crippen LogP contribution in [0.25, 0.3) is 0 Å². The van der Waals surface area contributed by atoms with E-state index in [1.54, 1.807) is 19.9 Å². The van der Waals surface area contributed by atoms with Gasteiger partial charge in [-0.1, -0.05) is 6.08 Å². The summed E-state index contributed by atoms with van der Waals surface area (Å²) in [5.74, 6) is -0.702. The molecule has 2 rings (SSSR count). The number of aliphatic hydroxyl groups excluding tert-OH is 1. The maximum Gasteiger partial charge on any atom is 0.333 e. The summed E-state index contributed by atoms with van der Waals surface area (Å²) in [7, 11) is 2.03. The Morgan fingerprint density at radius 2 is 1.92 bits per heavy atom. The van der Waals surface area contributed by atoms with Crippen molar-refractivity contribution in [3.63, 3.8) is 0 Å². The molecule has 0 aromatic heterocycles. The lowest BCUT2D eigenvalue weighted by atomic mass is 10.00. The van der Waals surface area contributed by atoms with Crippen molar-refractivity contribution in [2.45, 2.75) is 64.3 Å². The number of aliphatic hydroxyl groups is 1. The highest BCUT2D eigenvalue weighted by molar-refractivity contribution is 5.87. The molecule has 2 aliphatic heterocycles. The van der Waals surface area contributed by atoms with Crippen molar-refractivity contribution in [3.8, 4) is 0 Å². The maximum atomic E-state index is 12.0. The fraction of sp³-hybridized carbons (Fsp3) is 0.667. The molecule has 6 heteroatoms. The van der Waals surface area contributed by atoms with Crippen LogP contribution in [0.1, 0.15) is 40.0 Å². The number of allylic oxidation sites excluding steroid dienone is 1. The number of fused-ring (bicyclic) bond motifs is 2. The van der Waals surface area contributed by atoms with E-state index in [1.165, 1.54) is 6.08 Å². The van der Waals surface area contributed by atoms with Crippen molar-refractivity contribution in [2.24, 2.45) is 0 Å². The molecule has 2 fully saturated rings. The first-order valence-electron chi connectivity index (χ1n) is 8.40. The monoisotopic (exact) mass is 337 g/mol. The number of carbonyl (C=O) groups is 2. The van der Waals surface area contributed by atoms with E-state index in [2.05, 4.69) is 4.90 Å². The molecule has 2 saturated heterocycles. The SMILES string of the molecule is C/C=C(/C)C(=O)O[C@@H]1C[C@H]2C[C@@H](OC(=O)/C=C(\C)CO)C[C@@H]1N2C. The van der Waals surface area contributed by atoms with E-state index in [-0.39, 0.29) is 36.9 Å². The van der Waals surface area contributed by atoms with E-state index < -0.39 is 5.97 Å². The third kappa shape index (κ3) is 4.24. The number of ether oxygens (including phenoxy) is 2. The summed E-state index contributed by atoms with van der Waals surface area (Å²) >= 11 is 0. The zero-order valence-corrected chi connectivity index (χ0v) is 14.8. The van der Waals surface area contributed by atoms with Gasteiger partial charge < -0.3 is 14.6 Å². The van der Waals surface area contributed by atoms with Crippen molar-refractivity contribution in [1.29, 1.82) is 0 Å². The molecule has 0 aromatic rings. The second-order valence-corrected chi connectivity index (χ2v) is 6.72. The molecule has 0 spiro atoms. The van der Waals surface area contributed by atoms with Crippen LogP contribution in [0.4, 0.5) is 0 Å². The van der Waals surface area contributed by atoms with E-state index in [0.717, 1.165) is 12.8 Å². The minimum Gasteiger partial charge on any atom is -0.459 e. The van der Waals surface area contributed by atoms with E-state index in [4.69, 9.17) is 14.6 Å². The standard InChI is InChI=1S/C18H27NO5/c1-5-12(3)18(22)24-16-8-13-7-14(9-15(16)19(13)4)23-17(21)6-11(2)10-20/h5-6,13-16,20H,7-10H2,1-4H3/b11-6+,12-5-/t13-,14-,15+,16-/m1/s1. The summed E-state index contributed by atoms with van der Waals surface area (Å²) in [6, 6.07) is 0.311. The molecule has 24 heavy (non-hydrogen) atoms. The third-order valence-electron chi connectivity index (χ3n) is 4.98. The Bertz CT molecular complexity index is 554. The highest BCUT2D eigenvalue weighted by Gasteiger charge is 2.47. The minimum atomic E-state index is -0.422. The predicted molar refractivity (Wildman–Crippen MR) is 89.2 cm³/mol. The summed E-state index contributed by atoms with van der Waals surface area (Å²) in [6.07, 6.45) is 4.88. The van der Waals surface area contributed by atoms with E-state index >= 15 is 0 Å². The van der Waals surface area contributed by atoms with Crippen LogP contribution < -0.4 is 0 Å². The van der Waals surface area contributed by atoms with Crippen molar-refractivity contribution in [3.05, 3.63) is 23.3 Å². The molecule has 0 amide bonds. The van der Waals surface area contributed by atoms with Crippen molar-refractivity contribution < 1.29 is 24.2 Å². The lowest BCUT2D eigenvalue weighted by Crippen LogP contribution is -2.46. The van der Waals surface area contributed by atoms with Gasteiger partial charge in [0, 0.05) is 37.0 Å². The smallest absolute Gasteiger partial charge is 0.333 e. The molecule has 0 radical (unpaired) electrons. The first-order chi connectivity index (χ1) is 11.3. The molecule has 1 N–H and O–H groups in total. The maximum absolute atomic E-state index is 12.0. The Hall–Kier alpha value is -1.66. The molecule has 0 aliphatic carbocycles. The summed E-state index contributed by atoms with van der Waals surface area (Å²) < 4.78 is 11.2. The van der Waals surface area contributed by atoms with Gasteiger partial charge in [-0.3, -0.25) is 4.90 Å². The second-order valence-electron chi connectivity index (χ2n) is 6.72. The van der Waals surface area contributed by atoms with E-state index in [9.17, 15) is 9.59 Å². The van der Waals surface area contributed by atoms with Crippen LogP contribution in [0.15, 0.2) is 23.3 Å². The Balaban J connectivity index is 1.97. The lowest BCUT2D eigenvalue weighted by Gasteiger charge is -2.36. The molecule has 2 aliphatic rings. The highest BCUT2D eigenvalue weighted by Crippen LogP contribution is 2.37. The molecule has 0 saturated carbocycles. The topological polar surface area (TPSA) is 76.1 Å². The number of likely N-dealkylation sites (N-methyl/N-ethyl adjacent to an activating group) is 1. The number of piperidine rings is 1. The Morgan fingerprint density at radius 3 is 2.54 bits per heavy atom. The highest BCUT2D eigenvalue weighted by atomic mass is 16.6. The number of hydrogen-bond donors (Lipinski definition) is 1. The Labute approximate surface area is 143 Å². The van der Waals surface area contributed by atoms with Crippen LogP contribution in [0.3, 0.4) is 0 Å². The predicted octanol–water partition coefficient (Wildman–Crippen LogP) is 1.58. The largest absolute Gasteiger partial charge is 0.459 e. The zero-order valence-electron chi connectivity index (χ0n) is 14.8. The van der Waals surface area contributed by atoms with Gasteiger partial charge in [0.05, 0.1) is 12.6 Å². The van der Waals surface area contributed by atoms with Gasteiger partial charge in [0.15, 0.2) is 0 Å². The van der Waals surface area contributed by atoms with Gasteiger partial charge in [-0.15, -0.1) is 0 Å². The molecule has 6 nitrogen and oxygen atoms in total. The molecular weight excluding hydrogens is 310 g/mol. The van der Waals surface area contributed by atoms with Crippen LogP contribution in [-0.2, 0) is 19.1 Å². The Kier molecular flexibility index (Phi) is 6.18. The Morgan fingerprint density at radius 1 is 1.21 bits per heavy atom. The summed E-state index contributed by atoms with van der Waals surface area (Å²) in [5.41, 5.74) is 1.18. The first-order valence-corrected chi connectivity index (χ1v) is 8.40. The van der Waals surface area contributed by atoms with Crippen molar-refractivity contribution >= 4 is 11.9 Å². The lowest BCUT2D eigenvalue weighted by molar-refractivity contribution is -0.150. The fourth-order valence-electron chi connectivity index (χ4n) is 3.39. The van der Waals surface area contributed by atoms with Crippen LogP contribution in [0.2, 0.25) is 0 Å². The number of rotatable bonds is 5. The molecule has 2 bridgehead atoms. The molecule has 134 valence electrons. The van der Waals surface area contributed by atoms with Crippen LogP contribution in [-0.4, -0.2) is 59.9 Å². The van der Waals surface area contributed by atoms with Gasteiger partial charge in [0.1, 0.15) is 12.2 Å². The number of esters is 2. The summed E-state index contributed by atoms with van der Waals surface area (Å²) in [5, 5.41) is 8.97. The van der Waals surface area contributed by atoms with Gasteiger partial charge in [-0.05, 0) is 33.4 Å². The number of nitrogens with zero attached hydrogens (tertiary/aromatic N) is 1. The third-order valence-corrected chi connectivity index (χ3v) is 4.98. The molecule has 2 heterocycles. The van der Waals surface area contributed by atoms with E-state index in [0.29, 0.717) is 17.6 Å². The van der Waals surface area contributed by atoms with E-state index in [1.807, 2.05) is 14.0 Å². The number of hydrogen-bond acceptors (Lipinski definition) is 6. The van der Waals surface area contributed by atoms with Gasteiger partial charge in [0.2, 0.25) is 0 Å².